The Morgan fingerprint density at radius 3 is 2.68 bits per heavy atom. The largest absolute Gasteiger partial charge is 0.353 e. The van der Waals surface area contributed by atoms with Gasteiger partial charge in [0.25, 0.3) is 5.91 Å². The van der Waals surface area contributed by atoms with E-state index in [0.717, 1.165) is 32.0 Å². The fourth-order valence-electron chi connectivity index (χ4n) is 2.84. The number of nitrogens with zero attached hydrogens (tertiary/aromatic N) is 6. The minimum Gasteiger partial charge on any atom is -0.353 e. The Bertz CT molecular complexity index is 884. The first-order chi connectivity index (χ1) is 12.2. The van der Waals surface area contributed by atoms with Crippen molar-refractivity contribution in [3.63, 3.8) is 0 Å². The van der Waals surface area contributed by atoms with Gasteiger partial charge in [-0.05, 0) is 31.3 Å². The van der Waals surface area contributed by atoms with Crippen molar-refractivity contribution in [2.45, 2.75) is 0 Å². The Morgan fingerprint density at radius 2 is 1.92 bits per heavy atom. The van der Waals surface area contributed by atoms with E-state index in [9.17, 15) is 4.79 Å². The molecule has 0 aromatic carbocycles. The van der Waals surface area contributed by atoms with Crippen LogP contribution in [0.1, 0.15) is 10.5 Å². The molecular weight excluding hydrogens is 318 g/mol. The number of pyridine rings is 1. The number of hydrogen-bond donors (Lipinski definition) is 1. The van der Waals surface area contributed by atoms with Crippen LogP contribution >= 0.6 is 0 Å². The van der Waals surface area contributed by atoms with Gasteiger partial charge < -0.3 is 15.1 Å². The van der Waals surface area contributed by atoms with Crippen LogP contribution < -0.4 is 10.2 Å². The predicted molar refractivity (Wildman–Crippen MR) is 94.9 cm³/mol. The van der Waals surface area contributed by atoms with Gasteiger partial charge in [0.2, 0.25) is 0 Å². The van der Waals surface area contributed by atoms with Gasteiger partial charge in [-0.3, -0.25) is 4.79 Å². The van der Waals surface area contributed by atoms with Crippen LogP contribution in [0.25, 0.3) is 5.65 Å². The zero-order valence-corrected chi connectivity index (χ0v) is 14.0. The first kappa shape index (κ1) is 15.5. The number of rotatable bonds is 3. The monoisotopic (exact) mass is 337 g/mol. The fourth-order valence-corrected chi connectivity index (χ4v) is 2.84. The van der Waals surface area contributed by atoms with E-state index in [2.05, 4.69) is 37.2 Å². The Hall–Kier alpha value is -3.00. The van der Waals surface area contributed by atoms with Gasteiger partial charge in [0.05, 0.1) is 6.20 Å². The van der Waals surface area contributed by atoms with Gasteiger partial charge in [0.15, 0.2) is 11.3 Å². The standard InChI is InChI=1S/C17H19N7O/c1-22-8-10-23(11-9-22)16-6-5-15-19-12-13(24(15)21-16)17(25)20-14-4-2-3-7-18-14/h2-7,12H,8-11H2,1H3,(H,18,20,25). The summed E-state index contributed by atoms with van der Waals surface area (Å²) in [5, 5.41) is 7.40. The molecule has 0 unspecified atom stereocenters. The van der Waals surface area contributed by atoms with E-state index in [0.29, 0.717) is 17.2 Å². The molecule has 3 aromatic rings. The lowest BCUT2D eigenvalue weighted by Gasteiger charge is -2.33. The molecule has 0 atom stereocenters. The van der Waals surface area contributed by atoms with E-state index < -0.39 is 0 Å². The first-order valence-corrected chi connectivity index (χ1v) is 8.21. The van der Waals surface area contributed by atoms with Crippen LogP contribution in [0, 0.1) is 0 Å². The van der Waals surface area contributed by atoms with Crippen LogP contribution in [0.15, 0.2) is 42.7 Å². The van der Waals surface area contributed by atoms with E-state index in [1.165, 1.54) is 6.20 Å². The number of imidazole rings is 1. The fraction of sp³-hybridized carbons (Fsp3) is 0.294. The van der Waals surface area contributed by atoms with Crippen molar-refractivity contribution in [1.29, 1.82) is 0 Å². The number of carbonyl (C=O) groups excluding carboxylic acids is 1. The van der Waals surface area contributed by atoms with Gasteiger partial charge in [-0.25, -0.2) is 14.5 Å². The van der Waals surface area contributed by atoms with Gasteiger partial charge >= 0.3 is 0 Å². The normalized spacial score (nSPS) is 15.5. The second kappa shape index (κ2) is 6.48. The summed E-state index contributed by atoms with van der Waals surface area (Å²) in [6.07, 6.45) is 3.17. The Labute approximate surface area is 145 Å². The van der Waals surface area contributed by atoms with Crippen molar-refractivity contribution >= 4 is 23.2 Å². The molecule has 8 nitrogen and oxygen atoms in total. The number of piperazine rings is 1. The number of fused-ring (bicyclic) bond motifs is 1. The summed E-state index contributed by atoms with van der Waals surface area (Å²) in [5.74, 6) is 1.07. The molecule has 0 bridgehead atoms. The second-order valence-corrected chi connectivity index (χ2v) is 6.06. The Morgan fingerprint density at radius 1 is 1.08 bits per heavy atom. The molecule has 25 heavy (non-hydrogen) atoms. The summed E-state index contributed by atoms with van der Waals surface area (Å²) in [6, 6.07) is 9.20. The van der Waals surface area contributed by atoms with Crippen molar-refractivity contribution < 1.29 is 4.79 Å². The zero-order chi connectivity index (χ0) is 17.2. The number of likely N-dealkylation sites (N-methyl/N-ethyl adjacent to an activating group) is 1. The molecule has 8 heteroatoms. The number of nitrogens with one attached hydrogen (secondary N) is 1. The van der Waals surface area contributed by atoms with Gasteiger partial charge in [0.1, 0.15) is 11.6 Å². The lowest BCUT2D eigenvalue weighted by Crippen LogP contribution is -2.45. The summed E-state index contributed by atoms with van der Waals surface area (Å²) >= 11 is 0. The number of carbonyl (C=O) groups is 1. The first-order valence-electron chi connectivity index (χ1n) is 8.21. The molecule has 0 aliphatic carbocycles. The van der Waals surface area contributed by atoms with Crippen LogP contribution in [0.4, 0.5) is 11.6 Å². The molecule has 0 spiro atoms. The summed E-state index contributed by atoms with van der Waals surface area (Å²) in [5.41, 5.74) is 1.03. The maximum absolute atomic E-state index is 12.5. The zero-order valence-electron chi connectivity index (χ0n) is 14.0. The highest BCUT2D eigenvalue weighted by molar-refractivity contribution is 6.02. The summed E-state index contributed by atoms with van der Waals surface area (Å²) in [7, 11) is 2.11. The maximum Gasteiger partial charge on any atom is 0.277 e. The molecule has 1 aliphatic rings. The third-order valence-electron chi connectivity index (χ3n) is 4.31. The number of aromatic nitrogens is 4. The highest BCUT2D eigenvalue weighted by Crippen LogP contribution is 2.16. The third kappa shape index (κ3) is 3.16. The van der Waals surface area contributed by atoms with Crippen molar-refractivity contribution in [1.82, 2.24) is 24.5 Å². The quantitative estimate of drug-likeness (QED) is 0.772. The van der Waals surface area contributed by atoms with Crippen LogP contribution in [-0.2, 0) is 0 Å². The van der Waals surface area contributed by atoms with Crippen molar-refractivity contribution in [2.75, 3.05) is 43.4 Å². The van der Waals surface area contributed by atoms with Crippen LogP contribution in [0.3, 0.4) is 0 Å². The predicted octanol–water partition coefficient (Wildman–Crippen LogP) is 1.13. The number of anilines is 2. The number of amides is 1. The van der Waals surface area contributed by atoms with Crippen molar-refractivity contribution in [3.05, 3.63) is 48.4 Å². The molecule has 1 amide bonds. The molecule has 0 radical (unpaired) electrons. The van der Waals surface area contributed by atoms with E-state index in [4.69, 9.17) is 0 Å². The lowest BCUT2D eigenvalue weighted by atomic mass is 10.3. The van der Waals surface area contributed by atoms with E-state index in [1.807, 2.05) is 18.2 Å². The Balaban J connectivity index is 1.61. The molecule has 4 rings (SSSR count). The number of hydrogen-bond acceptors (Lipinski definition) is 6. The molecule has 0 saturated carbocycles. The topological polar surface area (TPSA) is 78.7 Å². The molecule has 1 aliphatic heterocycles. The second-order valence-electron chi connectivity index (χ2n) is 6.06. The van der Waals surface area contributed by atoms with Gasteiger partial charge in [-0.2, -0.15) is 0 Å². The average molecular weight is 337 g/mol. The molecule has 128 valence electrons. The van der Waals surface area contributed by atoms with Gasteiger partial charge in [-0.1, -0.05) is 6.07 Å². The minimum absolute atomic E-state index is 0.283. The highest BCUT2D eigenvalue weighted by atomic mass is 16.2. The summed E-state index contributed by atoms with van der Waals surface area (Å²) < 4.78 is 1.59. The molecule has 1 fully saturated rings. The van der Waals surface area contributed by atoms with E-state index in [1.54, 1.807) is 22.8 Å². The van der Waals surface area contributed by atoms with Crippen LogP contribution in [-0.4, -0.2) is 63.6 Å². The van der Waals surface area contributed by atoms with Gasteiger partial charge in [-0.15, -0.1) is 5.10 Å². The molecule has 1 N–H and O–H groups in total. The maximum atomic E-state index is 12.5. The molecule has 1 saturated heterocycles. The molecular formula is C17H19N7O. The van der Waals surface area contributed by atoms with E-state index in [-0.39, 0.29) is 5.91 Å². The molecule has 4 heterocycles. The van der Waals surface area contributed by atoms with E-state index >= 15 is 0 Å². The average Bonchev–Trinajstić information content (AvgIpc) is 3.06. The molecule has 3 aromatic heterocycles. The minimum atomic E-state index is -0.283. The van der Waals surface area contributed by atoms with Crippen LogP contribution in [0.5, 0.6) is 0 Å². The van der Waals surface area contributed by atoms with Crippen LogP contribution in [0.2, 0.25) is 0 Å². The summed E-state index contributed by atoms with van der Waals surface area (Å²) in [4.78, 5) is 25.4. The third-order valence-corrected chi connectivity index (χ3v) is 4.31. The lowest BCUT2D eigenvalue weighted by molar-refractivity contribution is 0.102. The summed E-state index contributed by atoms with van der Waals surface area (Å²) in [6.45, 7) is 3.83. The smallest absolute Gasteiger partial charge is 0.277 e. The van der Waals surface area contributed by atoms with Crippen molar-refractivity contribution in [3.8, 4) is 0 Å². The van der Waals surface area contributed by atoms with Gasteiger partial charge in [0, 0.05) is 32.4 Å². The Kier molecular flexibility index (Phi) is 4.02. The highest BCUT2D eigenvalue weighted by Gasteiger charge is 2.18. The SMILES string of the molecule is CN1CCN(c2ccc3ncc(C(=O)Nc4ccccn4)n3n2)CC1. The van der Waals surface area contributed by atoms with Crippen molar-refractivity contribution in [2.24, 2.45) is 0 Å².